The third-order valence-electron chi connectivity index (χ3n) is 4.25. The van der Waals surface area contributed by atoms with Gasteiger partial charge in [0, 0.05) is 12.4 Å². The minimum atomic E-state index is -0.579. The van der Waals surface area contributed by atoms with Gasteiger partial charge in [0.05, 0.1) is 11.5 Å². The molecule has 0 spiro atoms. The summed E-state index contributed by atoms with van der Waals surface area (Å²) in [6.45, 7) is 3.88. The van der Waals surface area contributed by atoms with E-state index in [0.29, 0.717) is 5.82 Å². The van der Waals surface area contributed by atoms with E-state index in [-0.39, 0.29) is 11.8 Å². The monoisotopic (exact) mass is 295 g/mol. The fourth-order valence-electron chi connectivity index (χ4n) is 3.10. The predicted molar refractivity (Wildman–Crippen MR) is 85.3 cm³/mol. The number of carbonyl (C=O) groups is 1. The highest BCUT2D eigenvalue weighted by Crippen LogP contribution is 2.32. The summed E-state index contributed by atoms with van der Waals surface area (Å²) < 4.78 is 0. The highest BCUT2D eigenvalue weighted by Gasteiger charge is 2.32. The summed E-state index contributed by atoms with van der Waals surface area (Å²) in [5.41, 5.74) is 1.88. The number of nitrogens with zero attached hydrogens (tertiary/aromatic N) is 2. The molecule has 0 bridgehead atoms. The summed E-state index contributed by atoms with van der Waals surface area (Å²) in [6.07, 6.45) is 6.41. The molecule has 1 amide bonds. The lowest BCUT2D eigenvalue weighted by Crippen LogP contribution is -2.45. The van der Waals surface area contributed by atoms with Crippen molar-refractivity contribution in [1.29, 1.82) is 0 Å². The van der Waals surface area contributed by atoms with Crippen molar-refractivity contribution < 1.29 is 4.79 Å². The molecule has 1 unspecified atom stereocenters. The molecule has 114 valence electrons. The van der Waals surface area contributed by atoms with Crippen molar-refractivity contribution >= 4 is 5.91 Å². The van der Waals surface area contributed by atoms with E-state index >= 15 is 0 Å². The maximum absolute atomic E-state index is 12.8. The van der Waals surface area contributed by atoms with Crippen molar-refractivity contribution in [3.63, 3.8) is 0 Å². The predicted octanol–water partition coefficient (Wildman–Crippen LogP) is 2.95. The largest absolute Gasteiger partial charge is 0.343 e. The van der Waals surface area contributed by atoms with Crippen LogP contribution in [-0.4, -0.2) is 15.9 Å². The van der Waals surface area contributed by atoms with E-state index in [1.807, 2.05) is 26.0 Å². The number of aromatic nitrogens is 2. The van der Waals surface area contributed by atoms with Gasteiger partial charge in [-0.1, -0.05) is 24.3 Å². The molecule has 1 heterocycles. The SMILES string of the molecule is CC(C)(NC(=O)C1CCCc2ccccc21)c1ncccn1. The second kappa shape index (κ2) is 5.87. The van der Waals surface area contributed by atoms with Gasteiger partial charge in [-0.15, -0.1) is 0 Å². The van der Waals surface area contributed by atoms with Crippen LogP contribution >= 0.6 is 0 Å². The van der Waals surface area contributed by atoms with E-state index < -0.39 is 5.54 Å². The smallest absolute Gasteiger partial charge is 0.228 e. The summed E-state index contributed by atoms with van der Waals surface area (Å²) in [6, 6.07) is 10.0. The fourth-order valence-corrected chi connectivity index (χ4v) is 3.10. The minimum Gasteiger partial charge on any atom is -0.343 e. The van der Waals surface area contributed by atoms with Gasteiger partial charge in [-0.05, 0) is 50.3 Å². The van der Waals surface area contributed by atoms with Gasteiger partial charge in [-0.2, -0.15) is 0 Å². The molecule has 3 rings (SSSR count). The Balaban J connectivity index is 1.81. The van der Waals surface area contributed by atoms with E-state index in [9.17, 15) is 4.79 Å². The van der Waals surface area contributed by atoms with Crippen molar-refractivity contribution in [3.8, 4) is 0 Å². The molecule has 1 aromatic heterocycles. The molecule has 1 aliphatic rings. The van der Waals surface area contributed by atoms with E-state index in [2.05, 4.69) is 27.4 Å². The zero-order chi connectivity index (χ0) is 15.6. The minimum absolute atomic E-state index is 0.0598. The van der Waals surface area contributed by atoms with Crippen molar-refractivity contribution in [2.45, 2.75) is 44.6 Å². The highest BCUT2D eigenvalue weighted by molar-refractivity contribution is 5.85. The molecule has 1 atom stereocenters. The molecule has 1 N–H and O–H groups in total. The summed E-state index contributed by atoms with van der Waals surface area (Å²) in [5, 5.41) is 3.12. The lowest BCUT2D eigenvalue weighted by Gasteiger charge is -2.30. The van der Waals surface area contributed by atoms with Crippen LogP contribution in [0.25, 0.3) is 0 Å². The number of carbonyl (C=O) groups excluding carboxylic acids is 1. The van der Waals surface area contributed by atoms with Gasteiger partial charge in [-0.3, -0.25) is 4.79 Å². The van der Waals surface area contributed by atoms with Crippen molar-refractivity contribution in [1.82, 2.24) is 15.3 Å². The summed E-state index contributed by atoms with van der Waals surface area (Å²) >= 11 is 0. The fraction of sp³-hybridized carbons (Fsp3) is 0.389. The van der Waals surface area contributed by atoms with Crippen molar-refractivity contribution in [2.75, 3.05) is 0 Å². The molecule has 0 aliphatic heterocycles. The maximum atomic E-state index is 12.8. The van der Waals surface area contributed by atoms with E-state index in [1.165, 1.54) is 5.56 Å². The first-order chi connectivity index (χ1) is 10.6. The Morgan fingerprint density at radius 3 is 2.68 bits per heavy atom. The Morgan fingerprint density at radius 2 is 1.91 bits per heavy atom. The van der Waals surface area contributed by atoms with E-state index in [1.54, 1.807) is 18.5 Å². The second-order valence-electron chi connectivity index (χ2n) is 6.33. The first kappa shape index (κ1) is 14.7. The normalized spacial score (nSPS) is 17.6. The molecule has 22 heavy (non-hydrogen) atoms. The Kier molecular flexibility index (Phi) is 3.92. The van der Waals surface area contributed by atoms with Crippen LogP contribution in [0.1, 0.15) is 49.6 Å². The summed E-state index contributed by atoms with van der Waals surface area (Å²) in [5.74, 6) is 0.616. The number of fused-ring (bicyclic) bond motifs is 1. The van der Waals surface area contributed by atoms with Gasteiger partial charge in [-0.25, -0.2) is 9.97 Å². The average molecular weight is 295 g/mol. The van der Waals surface area contributed by atoms with Gasteiger partial charge in [0.1, 0.15) is 0 Å². The van der Waals surface area contributed by atoms with Crippen LogP contribution in [0.3, 0.4) is 0 Å². The zero-order valence-corrected chi connectivity index (χ0v) is 13.0. The van der Waals surface area contributed by atoms with Crippen LogP contribution in [0.5, 0.6) is 0 Å². The van der Waals surface area contributed by atoms with Crippen LogP contribution in [0.4, 0.5) is 0 Å². The molecule has 0 fully saturated rings. The summed E-state index contributed by atoms with van der Waals surface area (Å²) in [7, 11) is 0. The standard InChI is InChI=1S/C18H21N3O/c1-18(2,17-19-11-6-12-20-17)21-16(22)15-10-5-8-13-7-3-4-9-14(13)15/h3-4,6-7,9,11-12,15H,5,8,10H2,1-2H3,(H,21,22). The molecule has 2 aromatic rings. The molecular formula is C18H21N3O. The van der Waals surface area contributed by atoms with Gasteiger partial charge in [0.25, 0.3) is 0 Å². The van der Waals surface area contributed by atoms with E-state index in [4.69, 9.17) is 0 Å². The molecule has 4 nitrogen and oxygen atoms in total. The van der Waals surface area contributed by atoms with Crippen LogP contribution in [-0.2, 0) is 16.8 Å². The van der Waals surface area contributed by atoms with Crippen LogP contribution in [0.15, 0.2) is 42.7 Å². The molecule has 1 aliphatic carbocycles. The number of amides is 1. The molecule has 0 radical (unpaired) electrons. The number of aryl methyl sites for hydroxylation is 1. The third-order valence-corrected chi connectivity index (χ3v) is 4.25. The van der Waals surface area contributed by atoms with Crippen molar-refractivity contribution in [3.05, 3.63) is 59.7 Å². The lowest BCUT2D eigenvalue weighted by molar-refractivity contribution is -0.124. The Labute approximate surface area is 131 Å². The van der Waals surface area contributed by atoms with Crippen LogP contribution < -0.4 is 5.32 Å². The third kappa shape index (κ3) is 2.86. The molecular weight excluding hydrogens is 274 g/mol. The highest BCUT2D eigenvalue weighted by atomic mass is 16.2. The van der Waals surface area contributed by atoms with Gasteiger partial charge >= 0.3 is 0 Å². The van der Waals surface area contributed by atoms with Gasteiger partial charge in [0.2, 0.25) is 5.91 Å². The van der Waals surface area contributed by atoms with E-state index in [0.717, 1.165) is 24.8 Å². The Hall–Kier alpha value is -2.23. The Bertz CT molecular complexity index is 667. The first-order valence-corrected chi connectivity index (χ1v) is 7.75. The molecule has 4 heteroatoms. The molecule has 1 aromatic carbocycles. The van der Waals surface area contributed by atoms with Crippen LogP contribution in [0.2, 0.25) is 0 Å². The summed E-state index contributed by atoms with van der Waals surface area (Å²) in [4.78, 5) is 21.3. The maximum Gasteiger partial charge on any atom is 0.228 e. The topological polar surface area (TPSA) is 54.9 Å². The lowest BCUT2D eigenvalue weighted by atomic mass is 9.82. The Morgan fingerprint density at radius 1 is 1.18 bits per heavy atom. The van der Waals surface area contributed by atoms with Crippen LogP contribution in [0, 0.1) is 0 Å². The average Bonchev–Trinajstić information content (AvgIpc) is 2.54. The quantitative estimate of drug-likeness (QED) is 0.947. The van der Waals surface area contributed by atoms with Crippen molar-refractivity contribution in [2.24, 2.45) is 0 Å². The number of hydrogen-bond donors (Lipinski definition) is 1. The van der Waals surface area contributed by atoms with Gasteiger partial charge < -0.3 is 5.32 Å². The number of rotatable bonds is 3. The zero-order valence-electron chi connectivity index (χ0n) is 13.0. The number of nitrogens with one attached hydrogen (secondary N) is 1. The number of benzene rings is 1. The second-order valence-corrected chi connectivity index (χ2v) is 6.33. The van der Waals surface area contributed by atoms with Gasteiger partial charge in [0.15, 0.2) is 5.82 Å². The molecule has 0 saturated carbocycles. The first-order valence-electron chi connectivity index (χ1n) is 7.75. The number of hydrogen-bond acceptors (Lipinski definition) is 3. The molecule has 0 saturated heterocycles.